The Kier molecular flexibility index (Phi) is 3.71. The van der Waals surface area contributed by atoms with Crippen LogP contribution in [0.3, 0.4) is 0 Å². The summed E-state index contributed by atoms with van der Waals surface area (Å²) in [5.74, 6) is 1.35. The third kappa shape index (κ3) is 3.03. The van der Waals surface area contributed by atoms with E-state index in [1.807, 2.05) is 30.3 Å². The van der Waals surface area contributed by atoms with Gasteiger partial charge in [0.25, 0.3) is 0 Å². The van der Waals surface area contributed by atoms with Crippen LogP contribution in [0.4, 0.5) is 0 Å². The van der Waals surface area contributed by atoms with E-state index in [2.05, 4.69) is 0 Å². The topological polar surface area (TPSA) is 18.5 Å². The third-order valence-electron chi connectivity index (χ3n) is 2.42. The molecule has 0 saturated carbocycles. The lowest BCUT2D eigenvalue weighted by Gasteiger charge is -2.11. The molecule has 0 unspecified atom stereocenters. The van der Waals surface area contributed by atoms with E-state index < -0.39 is 0 Å². The monoisotopic (exact) mass is 224 g/mol. The lowest BCUT2D eigenvalue weighted by molar-refractivity contribution is 0.285. The predicted octanol–water partition coefficient (Wildman–Crippen LogP) is 2.07. The largest absolute Gasteiger partial charge is 0.493 e. The molecule has 0 atom stereocenters. The van der Waals surface area contributed by atoms with Crippen LogP contribution in [-0.4, -0.2) is 15.0 Å². The van der Waals surface area contributed by atoms with Crippen LogP contribution in [0.15, 0.2) is 48.5 Å². The molecule has 0 bridgehead atoms. The number of methoxy groups -OCH3 is 1. The van der Waals surface area contributed by atoms with E-state index in [1.54, 1.807) is 25.3 Å². The minimum Gasteiger partial charge on any atom is -0.493 e. The van der Waals surface area contributed by atoms with Crippen LogP contribution in [-0.2, 0) is 6.61 Å². The maximum atomic E-state index is 5.72. The molecule has 2 nitrogen and oxygen atoms in total. The predicted molar refractivity (Wildman–Crippen MR) is 69.2 cm³/mol. The molecule has 0 aliphatic carbocycles. The normalized spacial score (nSPS) is 9.94. The fourth-order valence-electron chi connectivity index (χ4n) is 1.54. The van der Waals surface area contributed by atoms with Gasteiger partial charge in [-0.3, -0.25) is 0 Å². The quantitative estimate of drug-likeness (QED) is 0.740. The minimum absolute atomic E-state index is 0.501. The van der Waals surface area contributed by atoms with Crippen LogP contribution in [0.5, 0.6) is 11.5 Å². The Morgan fingerprint density at radius 3 is 2.47 bits per heavy atom. The van der Waals surface area contributed by atoms with Gasteiger partial charge in [-0.05, 0) is 17.7 Å². The Labute approximate surface area is 103 Å². The first-order chi connectivity index (χ1) is 8.29. The van der Waals surface area contributed by atoms with Crippen molar-refractivity contribution in [2.24, 2.45) is 0 Å². The molecule has 0 N–H and O–H groups in total. The first-order valence-corrected chi connectivity index (χ1v) is 5.40. The summed E-state index contributed by atoms with van der Waals surface area (Å²) in [4.78, 5) is 0. The van der Waals surface area contributed by atoms with Crippen molar-refractivity contribution in [2.75, 3.05) is 7.11 Å². The molecule has 2 rings (SSSR count). The number of hydrogen-bond donors (Lipinski definition) is 0. The van der Waals surface area contributed by atoms with Crippen LogP contribution in [0.25, 0.3) is 0 Å². The van der Waals surface area contributed by atoms with Gasteiger partial charge in [0.1, 0.15) is 14.5 Å². The van der Waals surface area contributed by atoms with E-state index in [0.717, 1.165) is 5.56 Å². The summed E-state index contributed by atoms with van der Waals surface area (Å²) in [7, 11) is 7.33. The molecule has 0 heterocycles. The standard InChI is InChI=1S/C14H13BO2/c1-16-13-8-7-12(15)9-14(13)17-10-11-5-3-2-4-6-11/h2-9H,10H2,1H3. The molecule has 0 aliphatic rings. The highest BCUT2D eigenvalue weighted by Gasteiger charge is 2.04. The molecule has 0 spiro atoms. The average Bonchev–Trinajstić information content (AvgIpc) is 2.38. The van der Waals surface area contributed by atoms with Crippen LogP contribution in [0.2, 0.25) is 0 Å². The summed E-state index contributed by atoms with van der Waals surface area (Å²) in [5.41, 5.74) is 1.77. The van der Waals surface area contributed by atoms with Crippen molar-refractivity contribution in [2.45, 2.75) is 6.61 Å². The summed E-state index contributed by atoms with van der Waals surface area (Å²) < 4.78 is 10.9. The smallest absolute Gasteiger partial charge is 0.161 e. The molecule has 3 heteroatoms. The van der Waals surface area contributed by atoms with Gasteiger partial charge in [-0.25, -0.2) is 0 Å². The number of rotatable bonds is 4. The highest BCUT2D eigenvalue weighted by atomic mass is 16.5. The average molecular weight is 224 g/mol. The van der Waals surface area contributed by atoms with Crippen molar-refractivity contribution >= 4 is 13.3 Å². The molecule has 0 aliphatic heterocycles. The zero-order valence-corrected chi connectivity index (χ0v) is 9.72. The van der Waals surface area contributed by atoms with Gasteiger partial charge in [0.05, 0.1) is 7.11 Å². The number of ether oxygens (including phenoxy) is 2. The van der Waals surface area contributed by atoms with Gasteiger partial charge in [0.15, 0.2) is 11.5 Å². The van der Waals surface area contributed by atoms with Gasteiger partial charge in [-0.1, -0.05) is 41.9 Å². The molecule has 0 aromatic heterocycles. The fraction of sp³-hybridized carbons (Fsp3) is 0.143. The zero-order chi connectivity index (χ0) is 12.1. The Morgan fingerprint density at radius 2 is 1.76 bits per heavy atom. The van der Waals surface area contributed by atoms with Crippen molar-refractivity contribution in [3.63, 3.8) is 0 Å². The summed E-state index contributed by atoms with van der Waals surface area (Å²) in [6.45, 7) is 0.501. The van der Waals surface area contributed by atoms with E-state index >= 15 is 0 Å². The summed E-state index contributed by atoms with van der Waals surface area (Å²) in [5, 5.41) is 0. The van der Waals surface area contributed by atoms with Crippen LogP contribution in [0.1, 0.15) is 5.56 Å². The highest BCUT2D eigenvalue weighted by molar-refractivity contribution is 6.32. The van der Waals surface area contributed by atoms with Crippen molar-refractivity contribution < 1.29 is 9.47 Å². The lowest BCUT2D eigenvalue weighted by atomic mass is 9.96. The van der Waals surface area contributed by atoms with Gasteiger partial charge in [0.2, 0.25) is 0 Å². The molecule has 84 valence electrons. The highest BCUT2D eigenvalue weighted by Crippen LogP contribution is 2.25. The van der Waals surface area contributed by atoms with E-state index in [0.29, 0.717) is 23.6 Å². The Bertz CT molecular complexity index is 483. The molecular formula is C14H13BO2. The van der Waals surface area contributed by atoms with Crippen molar-refractivity contribution in [3.05, 3.63) is 54.1 Å². The van der Waals surface area contributed by atoms with Crippen molar-refractivity contribution in [1.29, 1.82) is 0 Å². The molecule has 2 aromatic rings. The molecule has 2 aromatic carbocycles. The maximum Gasteiger partial charge on any atom is 0.161 e. The van der Waals surface area contributed by atoms with Gasteiger partial charge in [0, 0.05) is 0 Å². The van der Waals surface area contributed by atoms with Crippen LogP contribution >= 0.6 is 0 Å². The SMILES string of the molecule is [B]c1ccc(OC)c(OCc2ccccc2)c1. The van der Waals surface area contributed by atoms with Gasteiger partial charge >= 0.3 is 0 Å². The Morgan fingerprint density at radius 1 is 1.00 bits per heavy atom. The second kappa shape index (κ2) is 5.44. The maximum absolute atomic E-state index is 5.72. The third-order valence-corrected chi connectivity index (χ3v) is 2.42. The molecule has 17 heavy (non-hydrogen) atoms. The number of benzene rings is 2. The fourth-order valence-corrected chi connectivity index (χ4v) is 1.54. The first kappa shape index (κ1) is 11.6. The molecule has 2 radical (unpaired) electrons. The van der Waals surface area contributed by atoms with E-state index in [-0.39, 0.29) is 0 Å². The molecule has 0 amide bonds. The Balaban J connectivity index is 2.11. The van der Waals surface area contributed by atoms with Crippen LogP contribution < -0.4 is 14.9 Å². The van der Waals surface area contributed by atoms with Crippen molar-refractivity contribution in [1.82, 2.24) is 0 Å². The summed E-state index contributed by atoms with van der Waals surface area (Å²) in [6, 6.07) is 15.3. The van der Waals surface area contributed by atoms with E-state index in [9.17, 15) is 0 Å². The summed E-state index contributed by atoms with van der Waals surface area (Å²) in [6.07, 6.45) is 0. The first-order valence-electron chi connectivity index (χ1n) is 5.40. The van der Waals surface area contributed by atoms with E-state index in [4.69, 9.17) is 17.3 Å². The van der Waals surface area contributed by atoms with Gasteiger partial charge in [-0.15, -0.1) is 0 Å². The summed E-state index contributed by atoms with van der Waals surface area (Å²) >= 11 is 0. The van der Waals surface area contributed by atoms with Crippen LogP contribution in [0, 0.1) is 0 Å². The van der Waals surface area contributed by atoms with Crippen molar-refractivity contribution in [3.8, 4) is 11.5 Å². The minimum atomic E-state index is 0.501. The molecule has 0 fully saturated rings. The molecular weight excluding hydrogens is 211 g/mol. The second-order valence-corrected chi connectivity index (χ2v) is 3.68. The Hall–Kier alpha value is -1.90. The van der Waals surface area contributed by atoms with E-state index in [1.165, 1.54) is 0 Å². The zero-order valence-electron chi connectivity index (χ0n) is 9.72. The number of hydrogen-bond acceptors (Lipinski definition) is 2. The lowest BCUT2D eigenvalue weighted by Crippen LogP contribution is -2.05. The second-order valence-electron chi connectivity index (χ2n) is 3.68. The van der Waals surface area contributed by atoms with Gasteiger partial charge in [-0.2, -0.15) is 0 Å². The van der Waals surface area contributed by atoms with Gasteiger partial charge < -0.3 is 9.47 Å². The molecule has 0 saturated heterocycles.